The number of hydrogen-bond acceptors (Lipinski definition) is 5. The summed E-state index contributed by atoms with van der Waals surface area (Å²) in [5.41, 5.74) is 3.51. The molecule has 9 heteroatoms. The Kier molecular flexibility index (Phi) is 7.57. The highest BCUT2D eigenvalue weighted by Crippen LogP contribution is 2.45. The highest BCUT2D eigenvalue weighted by molar-refractivity contribution is 7.80. The van der Waals surface area contributed by atoms with Crippen LogP contribution in [0.3, 0.4) is 0 Å². The number of anilines is 2. The highest BCUT2D eigenvalue weighted by atomic mass is 35.5. The summed E-state index contributed by atoms with van der Waals surface area (Å²) in [6, 6.07) is 20.5. The van der Waals surface area contributed by atoms with E-state index in [4.69, 9.17) is 33.0 Å². The number of methoxy groups -OCH3 is 1. The SMILES string of the molecule is COc1cc(N2C(=S)NC(c3ccccn3)C2c2ccc(-c3cccc(Cl)c3C)o2)ccc1NC(=O)C(C)(C)C. The van der Waals surface area contributed by atoms with E-state index < -0.39 is 5.41 Å². The summed E-state index contributed by atoms with van der Waals surface area (Å²) in [4.78, 5) is 19.3. The largest absolute Gasteiger partial charge is 0.494 e. The topological polar surface area (TPSA) is 79.6 Å². The number of nitrogens with one attached hydrogen (secondary N) is 2. The molecule has 2 atom stereocenters. The van der Waals surface area contributed by atoms with E-state index in [9.17, 15) is 4.79 Å². The number of pyridine rings is 1. The van der Waals surface area contributed by atoms with Gasteiger partial charge in [-0.3, -0.25) is 9.78 Å². The molecule has 1 aliphatic heterocycles. The summed E-state index contributed by atoms with van der Waals surface area (Å²) in [5, 5.41) is 7.61. The number of nitrogens with zero attached hydrogens (tertiary/aromatic N) is 2. The lowest BCUT2D eigenvalue weighted by Gasteiger charge is -2.27. The summed E-state index contributed by atoms with van der Waals surface area (Å²) in [6.45, 7) is 7.56. The number of amides is 1. The molecule has 0 bridgehead atoms. The number of carbonyl (C=O) groups excluding carboxylic acids is 1. The monoisotopic (exact) mass is 574 g/mol. The summed E-state index contributed by atoms with van der Waals surface area (Å²) < 4.78 is 12.2. The van der Waals surface area contributed by atoms with Crippen LogP contribution in [0.2, 0.25) is 5.02 Å². The smallest absolute Gasteiger partial charge is 0.229 e. The van der Waals surface area contributed by atoms with Crippen LogP contribution in [0, 0.1) is 12.3 Å². The van der Waals surface area contributed by atoms with Gasteiger partial charge in [0.15, 0.2) is 5.11 Å². The molecule has 1 aliphatic rings. The van der Waals surface area contributed by atoms with Crippen LogP contribution >= 0.6 is 23.8 Å². The molecule has 3 heterocycles. The first-order valence-electron chi connectivity index (χ1n) is 12.9. The Balaban J connectivity index is 1.57. The van der Waals surface area contributed by atoms with Gasteiger partial charge in [0, 0.05) is 34.0 Å². The van der Waals surface area contributed by atoms with Gasteiger partial charge in [0.1, 0.15) is 23.3 Å². The maximum atomic E-state index is 12.7. The van der Waals surface area contributed by atoms with Crippen LogP contribution in [0.4, 0.5) is 11.4 Å². The van der Waals surface area contributed by atoms with Crippen molar-refractivity contribution < 1.29 is 13.9 Å². The van der Waals surface area contributed by atoms with Gasteiger partial charge in [-0.2, -0.15) is 0 Å². The lowest BCUT2D eigenvalue weighted by atomic mass is 9.95. The summed E-state index contributed by atoms with van der Waals surface area (Å²) in [6.07, 6.45) is 1.76. The lowest BCUT2D eigenvalue weighted by Crippen LogP contribution is -2.30. The van der Waals surface area contributed by atoms with Crippen molar-refractivity contribution in [2.24, 2.45) is 5.41 Å². The second kappa shape index (κ2) is 10.9. The fraction of sp³-hybridized carbons (Fsp3) is 0.258. The maximum Gasteiger partial charge on any atom is 0.229 e. The van der Waals surface area contributed by atoms with Crippen LogP contribution in [-0.2, 0) is 4.79 Å². The number of furan rings is 1. The molecular weight excluding hydrogens is 544 g/mol. The van der Waals surface area contributed by atoms with Crippen molar-refractivity contribution >= 4 is 46.2 Å². The Morgan fingerprint density at radius 3 is 2.62 bits per heavy atom. The van der Waals surface area contributed by atoms with E-state index in [2.05, 4.69) is 15.6 Å². The lowest BCUT2D eigenvalue weighted by molar-refractivity contribution is -0.123. The third-order valence-corrected chi connectivity index (χ3v) is 7.67. The van der Waals surface area contributed by atoms with E-state index in [1.165, 1.54) is 0 Å². The van der Waals surface area contributed by atoms with Crippen molar-refractivity contribution in [3.05, 3.63) is 95.0 Å². The number of ether oxygens (including phenoxy) is 1. The van der Waals surface area contributed by atoms with E-state index in [0.717, 1.165) is 22.5 Å². The first-order chi connectivity index (χ1) is 19.1. The third-order valence-electron chi connectivity index (χ3n) is 6.94. The van der Waals surface area contributed by atoms with Crippen molar-refractivity contribution in [3.63, 3.8) is 0 Å². The molecule has 0 spiro atoms. The second-order valence-corrected chi connectivity index (χ2v) is 11.5. The molecule has 1 fully saturated rings. The zero-order valence-electron chi connectivity index (χ0n) is 23.0. The molecule has 5 rings (SSSR count). The van der Waals surface area contributed by atoms with Crippen molar-refractivity contribution in [2.45, 2.75) is 39.8 Å². The molecule has 40 heavy (non-hydrogen) atoms. The van der Waals surface area contributed by atoms with E-state index in [0.29, 0.717) is 33.1 Å². The van der Waals surface area contributed by atoms with E-state index >= 15 is 0 Å². The number of halogens is 1. The summed E-state index contributed by atoms with van der Waals surface area (Å²) in [7, 11) is 1.58. The van der Waals surface area contributed by atoms with Gasteiger partial charge < -0.3 is 24.7 Å². The predicted molar refractivity (Wildman–Crippen MR) is 163 cm³/mol. The van der Waals surface area contributed by atoms with E-state index in [-0.39, 0.29) is 18.0 Å². The molecule has 2 unspecified atom stereocenters. The molecule has 7 nitrogen and oxygen atoms in total. The number of aromatic nitrogens is 1. The fourth-order valence-electron chi connectivity index (χ4n) is 4.70. The summed E-state index contributed by atoms with van der Waals surface area (Å²) >= 11 is 12.3. The van der Waals surface area contributed by atoms with Crippen molar-refractivity contribution in [1.82, 2.24) is 10.3 Å². The standard InChI is InChI=1S/C31H31ClN4O3S/c1-18-20(9-8-10-21(18)32)24-14-15-25(39-24)28-27(23-11-6-7-16-33-23)35-30(40)36(28)19-12-13-22(26(17-19)38-5)34-29(37)31(2,3)4/h6-17,27-28H,1-5H3,(H,34,37)(H,35,40). The normalized spacial score (nSPS) is 17.1. The Morgan fingerprint density at radius 2 is 1.93 bits per heavy atom. The van der Waals surface area contributed by atoms with Crippen molar-refractivity contribution in [3.8, 4) is 17.1 Å². The van der Waals surface area contributed by atoms with Crippen molar-refractivity contribution in [1.29, 1.82) is 0 Å². The zero-order valence-corrected chi connectivity index (χ0v) is 24.6. The Labute approximate surface area is 244 Å². The van der Waals surface area contributed by atoms with Crippen LogP contribution in [0.15, 0.2) is 77.3 Å². The molecule has 1 amide bonds. The Hall–Kier alpha value is -3.88. The third kappa shape index (κ3) is 5.29. The van der Waals surface area contributed by atoms with Crippen LogP contribution in [0.5, 0.6) is 5.75 Å². The predicted octanol–water partition coefficient (Wildman–Crippen LogP) is 7.47. The number of thiocarbonyl (C=S) groups is 1. The first-order valence-corrected chi connectivity index (χ1v) is 13.7. The second-order valence-electron chi connectivity index (χ2n) is 10.7. The van der Waals surface area contributed by atoms with Gasteiger partial charge in [-0.25, -0.2) is 0 Å². The molecule has 4 aromatic rings. The molecule has 0 aliphatic carbocycles. The molecule has 2 N–H and O–H groups in total. The molecular formula is C31H31ClN4O3S. The van der Waals surface area contributed by atoms with Gasteiger partial charge in [0.05, 0.1) is 24.5 Å². The van der Waals surface area contributed by atoms with Crippen LogP contribution in [0.1, 0.15) is 49.9 Å². The average Bonchev–Trinajstić information content (AvgIpc) is 3.55. The number of carbonyl (C=O) groups is 1. The fourth-order valence-corrected chi connectivity index (χ4v) is 5.22. The highest BCUT2D eigenvalue weighted by Gasteiger charge is 2.43. The number of rotatable bonds is 6. The molecule has 1 saturated heterocycles. The Morgan fingerprint density at radius 1 is 1.12 bits per heavy atom. The summed E-state index contributed by atoms with van der Waals surface area (Å²) in [5.74, 6) is 1.84. The molecule has 0 saturated carbocycles. The molecule has 206 valence electrons. The zero-order chi connectivity index (χ0) is 28.6. The molecule has 0 radical (unpaired) electrons. The van der Waals surface area contributed by atoms with Crippen LogP contribution < -0.4 is 20.3 Å². The van der Waals surface area contributed by atoms with Crippen molar-refractivity contribution in [2.75, 3.05) is 17.3 Å². The van der Waals surface area contributed by atoms with Gasteiger partial charge >= 0.3 is 0 Å². The van der Waals surface area contributed by atoms with Crippen LogP contribution in [-0.4, -0.2) is 23.1 Å². The van der Waals surface area contributed by atoms with Gasteiger partial charge in [0.25, 0.3) is 0 Å². The maximum absolute atomic E-state index is 12.7. The molecule has 2 aromatic carbocycles. The molecule has 2 aromatic heterocycles. The number of benzene rings is 2. The minimum atomic E-state index is -0.552. The Bertz CT molecular complexity index is 1560. The average molecular weight is 575 g/mol. The van der Waals surface area contributed by atoms with E-state index in [1.807, 2.05) is 99.3 Å². The van der Waals surface area contributed by atoms with Gasteiger partial charge in [-0.05, 0) is 67.2 Å². The van der Waals surface area contributed by atoms with Crippen LogP contribution in [0.25, 0.3) is 11.3 Å². The minimum Gasteiger partial charge on any atom is -0.494 e. The van der Waals surface area contributed by atoms with E-state index in [1.54, 1.807) is 13.3 Å². The van der Waals surface area contributed by atoms with Gasteiger partial charge in [-0.1, -0.05) is 50.6 Å². The van der Waals surface area contributed by atoms with Gasteiger partial charge in [-0.15, -0.1) is 0 Å². The minimum absolute atomic E-state index is 0.107. The quantitative estimate of drug-likeness (QED) is 0.231. The number of hydrogen-bond donors (Lipinski definition) is 2. The first kappa shape index (κ1) is 27.7. The van der Waals surface area contributed by atoms with Gasteiger partial charge in [0.2, 0.25) is 5.91 Å².